The smallest absolute Gasteiger partial charge is 0.358 e. The number of nitrogens with one attached hydrogen (secondary N) is 1. The summed E-state index contributed by atoms with van der Waals surface area (Å²) in [4.78, 5) is 22.8. The van der Waals surface area contributed by atoms with Crippen LogP contribution in [0.2, 0.25) is 0 Å². The summed E-state index contributed by atoms with van der Waals surface area (Å²) >= 11 is 0. The van der Waals surface area contributed by atoms with Crippen molar-refractivity contribution in [3.05, 3.63) is 28.8 Å². The maximum absolute atomic E-state index is 12.1. The number of carboxylic acid groups (broad SMARTS) is 1. The van der Waals surface area contributed by atoms with Crippen molar-refractivity contribution in [1.29, 1.82) is 0 Å². The summed E-state index contributed by atoms with van der Waals surface area (Å²) in [7, 11) is 1.78. The second kappa shape index (κ2) is 5.73. The Morgan fingerprint density at radius 2 is 2.10 bits per heavy atom. The molecule has 0 aliphatic heterocycles. The van der Waals surface area contributed by atoms with Crippen LogP contribution in [0.3, 0.4) is 0 Å². The third kappa shape index (κ3) is 3.07. The molecule has 1 amide bonds. The Labute approximate surface area is 120 Å². The number of aromatic carboxylic acids is 1. The second-order valence-corrected chi connectivity index (χ2v) is 4.60. The van der Waals surface area contributed by atoms with Gasteiger partial charge in [-0.1, -0.05) is 5.21 Å². The predicted octanol–water partition coefficient (Wildman–Crippen LogP) is -0.243. The largest absolute Gasteiger partial charge is 0.476 e. The van der Waals surface area contributed by atoms with Gasteiger partial charge in [0.1, 0.15) is 0 Å². The SMILES string of the molecule is Cc1nn(C)c(C)c1C(=O)NCCn1cc(C(=O)O)nn1. The predicted molar refractivity (Wildman–Crippen MR) is 72.0 cm³/mol. The summed E-state index contributed by atoms with van der Waals surface area (Å²) in [6.45, 7) is 4.25. The van der Waals surface area contributed by atoms with E-state index in [-0.39, 0.29) is 11.6 Å². The highest BCUT2D eigenvalue weighted by atomic mass is 16.4. The first-order valence-electron chi connectivity index (χ1n) is 6.32. The van der Waals surface area contributed by atoms with Crippen LogP contribution in [0.1, 0.15) is 32.2 Å². The number of aryl methyl sites for hydroxylation is 2. The maximum atomic E-state index is 12.1. The van der Waals surface area contributed by atoms with Gasteiger partial charge in [0.05, 0.1) is 24.0 Å². The number of carboxylic acids is 1. The number of aromatic nitrogens is 5. The van der Waals surface area contributed by atoms with Crippen LogP contribution in [0.15, 0.2) is 6.20 Å². The fraction of sp³-hybridized carbons (Fsp3) is 0.417. The summed E-state index contributed by atoms with van der Waals surface area (Å²) in [6.07, 6.45) is 1.31. The molecule has 2 heterocycles. The quantitative estimate of drug-likeness (QED) is 0.785. The molecule has 0 radical (unpaired) electrons. The van der Waals surface area contributed by atoms with Gasteiger partial charge in [0.15, 0.2) is 5.69 Å². The van der Waals surface area contributed by atoms with Crippen LogP contribution < -0.4 is 5.32 Å². The molecule has 0 aromatic carbocycles. The third-order valence-electron chi connectivity index (χ3n) is 3.12. The highest BCUT2D eigenvalue weighted by Crippen LogP contribution is 2.11. The molecule has 0 saturated heterocycles. The molecule has 0 unspecified atom stereocenters. The van der Waals surface area contributed by atoms with E-state index in [1.807, 2.05) is 6.92 Å². The Morgan fingerprint density at radius 3 is 2.62 bits per heavy atom. The molecule has 112 valence electrons. The van der Waals surface area contributed by atoms with Crippen LogP contribution in [0.5, 0.6) is 0 Å². The molecule has 2 N–H and O–H groups in total. The first-order chi connectivity index (χ1) is 9.90. The van der Waals surface area contributed by atoms with E-state index in [2.05, 4.69) is 20.7 Å². The van der Waals surface area contributed by atoms with Crippen LogP contribution >= 0.6 is 0 Å². The second-order valence-electron chi connectivity index (χ2n) is 4.60. The average molecular weight is 292 g/mol. The molecular weight excluding hydrogens is 276 g/mol. The molecule has 0 spiro atoms. The molecule has 0 saturated carbocycles. The van der Waals surface area contributed by atoms with Crippen LogP contribution in [0.25, 0.3) is 0 Å². The molecule has 0 aliphatic carbocycles. The molecule has 9 heteroatoms. The number of rotatable bonds is 5. The highest BCUT2D eigenvalue weighted by molar-refractivity contribution is 5.96. The van der Waals surface area contributed by atoms with Gasteiger partial charge in [0, 0.05) is 19.3 Å². The summed E-state index contributed by atoms with van der Waals surface area (Å²) in [5, 5.41) is 22.8. The van der Waals surface area contributed by atoms with E-state index in [1.165, 1.54) is 10.9 Å². The molecule has 21 heavy (non-hydrogen) atoms. The fourth-order valence-electron chi connectivity index (χ4n) is 1.98. The number of carbonyl (C=O) groups excluding carboxylic acids is 1. The number of hydrogen-bond donors (Lipinski definition) is 2. The molecule has 2 aromatic heterocycles. The molecule has 0 fully saturated rings. The summed E-state index contributed by atoms with van der Waals surface area (Å²) < 4.78 is 3.02. The fourth-order valence-corrected chi connectivity index (χ4v) is 1.98. The van der Waals surface area contributed by atoms with Crippen LogP contribution in [0, 0.1) is 13.8 Å². The Kier molecular flexibility index (Phi) is 4.01. The average Bonchev–Trinajstić information content (AvgIpc) is 2.96. The van der Waals surface area contributed by atoms with Gasteiger partial charge in [-0.05, 0) is 13.8 Å². The van der Waals surface area contributed by atoms with Crippen LogP contribution in [-0.2, 0) is 13.6 Å². The Morgan fingerprint density at radius 1 is 1.38 bits per heavy atom. The van der Waals surface area contributed by atoms with Gasteiger partial charge in [-0.15, -0.1) is 5.10 Å². The number of amides is 1. The lowest BCUT2D eigenvalue weighted by atomic mass is 10.2. The van der Waals surface area contributed by atoms with Crippen LogP contribution in [-0.4, -0.2) is 48.3 Å². The maximum Gasteiger partial charge on any atom is 0.358 e. The molecule has 0 atom stereocenters. The van der Waals surface area contributed by atoms with E-state index < -0.39 is 5.97 Å². The number of carbonyl (C=O) groups is 2. The molecule has 0 bridgehead atoms. The zero-order valence-electron chi connectivity index (χ0n) is 12.0. The summed E-state index contributed by atoms with van der Waals surface area (Å²) in [5.41, 5.74) is 1.89. The normalized spacial score (nSPS) is 10.6. The first-order valence-corrected chi connectivity index (χ1v) is 6.32. The van der Waals surface area contributed by atoms with Crippen molar-refractivity contribution in [3.8, 4) is 0 Å². The minimum Gasteiger partial charge on any atom is -0.476 e. The molecular formula is C12H16N6O3. The minimum absolute atomic E-state index is 0.125. The van der Waals surface area contributed by atoms with Gasteiger partial charge < -0.3 is 10.4 Å². The van der Waals surface area contributed by atoms with Gasteiger partial charge in [-0.2, -0.15) is 5.10 Å². The summed E-state index contributed by atoms with van der Waals surface area (Å²) in [6, 6.07) is 0. The number of nitrogens with zero attached hydrogens (tertiary/aromatic N) is 5. The first kappa shape index (κ1) is 14.7. The topological polar surface area (TPSA) is 115 Å². The standard InChI is InChI=1S/C12H16N6O3/c1-7-10(8(2)17(3)15-7)11(19)13-4-5-18-6-9(12(20)21)14-16-18/h6H,4-5H2,1-3H3,(H,13,19)(H,20,21). The summed E-state index contributed by atoms with van der Waals surface area (Å²) in [5.74, 6) is -1.34. The lowest BCUT2D eigenvalue weighted by Crippen LogP contribution is -2.28. The van der Waals surface area contributed by atoms with Gasteiger partial charge in [-0.25, -0.2) is 9.48 Å². The van der Waals surface area contributed by atoms with Gasteiger partial charge in [-0.3, -0.25) is 9.48 Å². The van der Waals surface area contributed by atoms with Crippen molar-refractivity contribution in [3.63, 3.8) is 0 Å². The molecule has 0 aliphatic rings. The van der Waals surface area contributed by atoms with E-state index in [0.717, 1.165) is 5.69 Å². The highest BCUT2D eigenvalue weighted by Gasteiger charge is 2.16. The monoisotopic (exact) mass is 292 g/mol. The van der Waals surface area contributed by atoms with E-state index in [1.54, 1.807) is 18.7 Å². The minimum atomic E-state index is -1.13. The van der Waals surface area contributed by atoms with Crippen molar-refractivity contribution in [2.24, 2.45) is 7.05 Å². The van der Waals surface area contributed by atoms with Crippen LogP contribution in [0.4, 0.5) is 0 Å². The lowest BCUT2D eigenvalue weighted by Gasteiger charge is -2.05. The van der Waals surface area contributed by atoms with E-state index in [4.69, 9.17) is 5.11 Å². The Balaban J connectivity index is 1.93. The van der Waals surface area contributed by atoms with Gasteiger partial charge in [0.25, 0.3) is 5.91 Å². The third-order valence-corrected chi connectivity index (χ3v) is 3.12. The molecule has 9 nitrogen and oxygen atoms in total. The van der Waals surface area contributed by atoms with Crippen molar-refractivity contribution in [2.45, 2.75) is 20.4 Å². The zero-order valence-corrected chi connectivity index (χ0v) is 12.0. The Hall–Kier alpha value is -2.71. The van der Waals surface area contributed by atoms with Crippen molar-refractivity contribution < 1.29 is 14.7 Å². The van der Waals surface area contributed by atoms with Gasteiger partial charge >= 0.3 is 5.97 Å². The van der Waals surface area contributed by atoms with Crippen molar-refractivity contribution in [2.75, 3.05) is 6.54 Å². The van der Waals surface area contributed by atoms with E-state index in [0.29, 0.717) is 24.3 Å². The molecule has 2 rings (SSSR count). The van der Waals surface area contributed by atoms with Crippen molar-refractivity contribution in [1.82, 2.24) is 30.1 Å². The van der Waals surface area contributed by atoms with E-state index in [9.17, 15) is 9.59 Å². The lowest BCUT2D eigenvalue weighted by molar-refractivity contribution is 0.0690. The number of hydrogen-bond acceptors (Lipinski definition) is 5. The zero-order chi connectivity index (χ0) is 15.6. The van der Waals surface area contributed by atoms with Crippen molar-refractivity contribution >= 4 is 11.9 Å². The Bertz CT molecular complexity index is 687. The molecule has 2 aromatic rings. The van der Waals surface area contributed by atoms with E-state index >= 15 is 0 Å². The van der Waals surface area contributed by atoms with Gasteiger partial charge in [0.2, 0.25) is 0 Å².